The highest BCUT2D eigenvalue weighted by molar-refractivity contribution is 5.61. The third-order valence-corrected chi connectivity index (χ3v) is 2.54. The standard InChI is InChI=1S/C13H18N6.C4H10.C3H8/c1-7(2)11-17-12(15)19-13(18-11)16-10-5-8(3)4-9(14)6-10;1-4(2)3;1-3-2/h4-7H,14H2,1-3H3,(H3,15,16,17,18,19);4H,1-3H3;3H2,1-2H3. The SMILES string of the molecule is CC(C)C.CCC.Cc1cc(N)cc(Nc2nc(N)nc(C(C)C)n2)c1. The van der Waals surface area contributed by atoms with Gasteiger partial charge in [-0.15, -0.1) is 0 Å². The Labute approximate surface area is 158 Å². The Morgan fingerprint density at radius 3 is 1.92 bits per heavy atom. The van der Waals surface area contributed by atoms with Crippen LogP contribution in [0, 0.1) is 12.8 Å². The molecule has 0 spiro atoms. The lowest BCUT2D eigenvalue weighted by Crippen LogP contribution is -2.08. The summed E-state index contributed by atoms with van der Waals surface area (Å²) in [5, 5.41) is 3.10. The van der Waals surface area contributed by atoms with E-state index in [1.807, 2.05) is 39.0 Å². The van der Waals surface area contributed by atoms with Gasteiger partial charge in [-0.3, -0.25) is 0 Å². The van der Waals surface area contributed by atoms with E-state index in [-0.39, 0.29) is 11.9 Å². The Morgan fingerprint density at radius 2 is 1.46 bits per heavy atom. The van der Waals surface area contributed by atoms with E-state index in [9.17, 15) is 0 Å². The monoisotopic (exact) mass is 360 g/mol. The van der Waals surface area contributed by atoms with Crippen LogP contribution < -0.4 is 16.8 Å². The molecule has 0 amide bonds. The van der Waals surface area contributed by atoms with Crippen molar-refractivity contribution in [1.82, 2.24) is 15.0 Å². The van der Waals surface area contributed by atoms with Gasteiger partial charge in [0.15, 0.2) is 0 Å². The predicted octanol–water partition coefficient (Wildman–Crippen LogP) is 5.29. The average Bonchev–Trinajstić information content (AvgIpc) is 2.45. The fraction of sp³-hybridized carbons (Fsp3) is 0.550. The molecule has 0 aliphatic heterocycles. The number of hydrogen-bond donors (Lipinski definition) is 3. The topological polar surface area (TPSA) is 103 Å². The van der Waals surface area contributed by atoms with Gasteiger partial charge in [0.1, 0.15) is 5.82 Å². The zero-order chi connectivity index (χ0) is 20.3. The van der Waals surface area contributed by atoms with Gasteiger partial charge in [0.05, 0.1) is 0 Å². The minimum atomic E-state index is 0.188. The summed E-state index contributed by atoms with van der Waals surface area (Å²) in [6.07, 6.45) is 1.25. The molecule has 0 fully saturated rings. The zero-order valence-corrected chi connectivity index (χ0v) is 17.6. The molecule has 5 N–H and O–H groups in total. The van der Waals surface area contributed by atoms with Crippen molar-refractivity contribution in [3.63, 3.8) is 0 Å². The normalized spacial score (nSPS) is 9.92. The first-order chi connectivity index (χ1) is 12.1. The summed E-state index contributed by atoms with van der Waals surface area (Å²) in [7, 11) is 0. The van der Waals surface area contributed by atoms with Gasteiger partial charge >= 0.3 is 0 Å². The Kier molecular flexibility index (Phi) is 11.0. The van der Waals surface area contributed by atoms with Gasteiger partial charge in [0.25, 0.3) is 0 Å². The minimum Gasteiger partial charge on any atom is -0.399 e. The third kappa shape index (κ3) is 10.5. The van der Waals surface area contributed by atoms with E-state index < -0.39 is 0 Å². The summed E-state index contributed by atoms with van der Waals surface area (Å²) < 4.78 is 0. The van der Waals surface area contributed by atoms with Gasteiger partial charge in [-0.05, 0) is 36.6 Å². The van der Waals surface area contributed by atoms with E-state index in [2.05, 4.69) is 54.9 Å². The molecule has 0 radical (unpaired) electrons. The molecule has 1 heterocycles. The second kappa shape index (κ2) is 12.1. The molecular formula is C20H36N6. The third-order valence-electron chi connectivity index (χ3n) is 2.54. The summed E-state index contributed by atoms with van der Waals surface area (Å²) in [5.41, 5.74) is 14.1. The van der Waals surface area contributed by atoms with Crippen LogP contribution in [0.4, 0.5) is 23.3 Å². The first kappa shape index (κ1) is 23.6. The van der Waals surface area contributed by atoms with E-state index in [0.717, 1.165) is 17.2 Å². The van der Waals surface area contributed by atoms with Crippen molar-refractivity contribution in [3.05, 3.63) is 29.6 Å². The number of benzene rings is 1. The number of hydrogen-bond acceptors (Lipinski definition) is 6. The highest BCUT2D eigenvalue weighted by Crippen LogP contribution is 2.20. The van der Waals surface area contributed by atoms with Crippen molar-refractivity contribution in [3.8, 4) is 0 Å². The molecule has 1 aromatic heterocycles. The van der Waals surface area contributed by atoms with Crippen molar-refractivity contribution in [2.24, 2.45) is 5.92 Å². The van der Waals surface area contributed by atoms with E-state index >= 15 is 0 Å². The van der Waals surface area contributed by atoms with Crippen LogP contribution in [-0.2, 0) is 0 Å². The summed E-state index contributed by atoms with van der Waals surface area (Å²) in [5.74, 6) is 2.33. The molecule has 0 bridgehead atoms. The second-order valence-corrected chi connectivity index (χ2v) is 7.23. The molecule has 2 rings (SSSR count). The zero-order valence-electron chi connectivity index (χ0n) is 17.6. The van der Waals surface area contributed by atoms with Gasteiger partial charge in [-0.2, -0.15) is 15.0 Å². The summed E-state index contributed by atoms with van der Waals surface area (Å²) in [6, 6.07) is 5.68. The van der Waals surface area contributed by atoms with Crippen LogP contribution in [0.15, 0.2) is 18.2 Å². The molecule has 146 valence electrons. The molecule has 2 aromatic rings. The summed E-state index contributed by atoms with van der Waals surface area (Å²) >= 11 is 0. The molecule has 0 atom stereocenters. The maximum Gasteiger partial charge on any atom is 0.232 e. The fourth-order valence-electron chi connectivity index (χ4n) is 1.74. The average molecular weight is 361 g/mol. The molecule has 0 aliphatic carbocycles. The lowest BCUT2D eigenvalue weighted by Gasteiger charge is -2.10. The van der Waals surface area contributed by atoms with Crippen molar-refractivity contribution >= 4 is 23.3 Å². The summed E-state index contributed by atoms with van der Waals surface area (Å²) in [6.45, 7) is 16.7. The maximum atomic E-state index is 5.80. The van der Waals surface area contributed by atoms with Crippen molar-refractivity contribution in [2.45, 2.75) is 67.7 Å². The lowest BCUT2D eigenvalue weighted by atomic mass is 10.2. The molecule has 1 aromatic carbocycles. The molecule has 6 heteroatoms. The van der Waals surface area contributed by atoms with Gasteiger partial charge in [-0.1, -0.05) is 54.9 Å². The van der Waals surface area contributed by atoms with E-state index in [4.69, 9.17) is 11.5 Å². The highest BCUT2D eigenvalue weighted by Gasteiger charge is 2.08. The molecule has 26 heavy (non-hydrogen) atoms. The quantitative estimate of drug-likeness (QED) is 0.643. The van der Waals surface area contributed by atoms with Crippen LogP contribution >= 0.6 is 0 Å². The van der Waals surface area contributed by atoms with Gasteiger partial charge in [0, 0.05) is 17.3 Å². The van der Waals surface area contributed by atoms with Gasteiger partial charge in [-0.25, -0.2) is 0 Å². The van der Waals surface area contributed by atoms with E-state index in [0.29, 0.717) is 17.5 Å². The van der Waals surface area contributed by atoms with Crippen LogP contribution in [-0.4, -0.2) is 15.0 Å². The number of aryl methyl sites for hydroxylation is 1. The van der Waals surface area contributed by atoms with Gasteiger partial charge in [0.2, 0.25) is 11.9 Å². The van der Waals surface area contributed by atoms with Crippen molar-refractivity contribution in [2.75, 3.05) is 16.8 Å². The maximum absolute atomic E-state index is 5.80. The van der Waals surface area contributed by atoms with E-state index in [1.54, 1.807) is 0 Å². The Morgan fingerprint density at radius 1 is 0.923 bits per heavy atom. The molecule has 6 nitrogen and oxygen atoms in total. The number of nitrogens with zero attached hydrogens (tertiary/aromatic N) is 3. The fourth-order valence-corrected chi connectivity index (χ4v) is 1.74. The molecular weight excluding hydrogens is 324 g/mol. The molecule has 0 saturated carbocycles. The second-order valence-electron chi connectivity index (χ2n) is 7.23. The van der Waals surface area contributed by atoms with Crippen LogP contribution in [0.3, 0.4) is 0 Å². The highest BCUT2D eigenvalue weighted by atomic mass is 15.2. The smallest absolute Gasteiger partial charge is 0.232 e. The number of aromatic nitrogens is 3. The molecule has 0 aliphatic rings. The largest absolute Gasteiger partial charge is 0.399 e. The van der Waals surface area contributed by atoms with Crippen LogP contribution in [0.5, 0.6) is 0 Å². The Balaban J connectivity index is 0.000000770. The number of anilines is 4. The van der Waals surface area contributed by atoms with Gasteiger partial charge < -0.3 is 16.8 Å². The Hall–Kier alpha value is -2.37. The number of rotatable bonds is 3. The van der Waals surface area contributed by atoms with Crippen molar-refractivity contribution in [1.29, 1.82) is 0 Å². The predicted molar refractivity (Wildman–Crippen MR) is 114 cm³/mol. The van der Waals surface area contributed by atoms with Crippen LogP contribution in [0.1, 0.15) is 72.2 Å². The van der Waals surface area contributed by atoms with Crippen molar-refractivity contribution < 1.29 is 0 Å². The lowest BCUT2D eigenvalue weighted by molar-refractivity contribution is 0.737. The number of nitrogens with two attached hydrogens (primary N) is 2. The first-order valence-corrected chi connectivity index (χ1v) is 9.24. The van der Waals surface area contributed by atoms with Crippen LogP contribution in [0.25, 0.3) is 0 Å². The molecule has 0 saturated heterocycles. The van der Waals surface area contributed by atoms with Crippen LogP contribution in [0.2, 0.25) is 0 Å². The number of nitrogen functional groups attached to an aromatic ring is 2. The first-order valence-electron chi connectivity index (χ1n) is 9.24. The Bertz CT molecular complexity index is 630. The minimum absolute atomic E-state index is 0.188. The molecule has 0 unspecified atom stereocenters. The number of nitrogens with one attached hydrogen (secondary N) is 1. The van der Waals surface area contributed by atoms with E-state index in [1.165, 1.54) is 6.42 Å². The summed E-state index contributed by atoms with van der Waals surface area (Å²) in [4.78, 5) is 12.5.